The number of hydrogen-bond donors (Lipinski definition) is 3. The van der Waals surface area contributed by atoms with Crippen molar-refractivity contribution < 1.29 is 14.4 Å². The molecule has 3 amide bonds. The van der Waals surface area contributed by atoms with Crippen LogP contribution in [0.2, 0.25) is 0 Å². The second kappa shape index (κ2) is 9.89. The van der Waals surface area contributed by atoms with Gasteiger partial charge in [-0.3, -0.25) is 14.4 Å². The van der Waals surface area contributed by atoms with Gasteiger partial charge >= 0.3 is 0 Å². The first kappa shape index (κ1) is 19.0. The van der Waals surface area contributed by atoms with Crippen LogP contribution in [0.3, 0.4) is 0 Å². The Balaban J connectivity index is 2.74. The van der Waals surface area contributed by atoms with Gasteiger partial charge in [0.05, 0.1) is 0 Å². The van der Waals surface area contributed by atoms with Crippen molar-refractivity contribution in [2.75, 3.05) is 12.0 Å². The third-order valence-corrected chi connectivity index (χ3v) is 3.89. The van der Waals surface area contributed by atoms with Gasteiger partial charge in [0.2, 0.25) is 17.7 Å². The number of nitrogens with one attached hydrogen (secondary N) is 2. The van der Waals surface area contributed by atoms with E-state index in [1.165, 1.54) is 6.92 Å². The van der Waals surface area contributed by atoms with E-state index in [4.69, 9.17) is 5.73 Å². The Labute approximate surface area is 140 Å². The molecule has 2 atom stereocenters. The van der Waals surface area contributed by atoms with E-state index < -0.39 is 23.9 Å². The van der Waals surface area contributed by atoms with Crippen LogP contribution < -0.4 is 16.4 Å². The fourth-order valence-electron chi connectivity index (χ4n) is 2.09. The molecule has 0 aliphatic carbocycles. The third kappa shape index (κ3) is 7.19. The van der Waals surface area contributed by atoms with Gasteiger partial charge in [-0.25, -0.2) is 0 Å². The van der Waals surface area contributed by atoms with E-state index >= 15 is 0 Å². The van der Waals surface area contributed by atoms with Crippen molar-refractivity contribution >= 4 is 29.5 Å². The molecule has 6 nitrogen and oxygen atoms in total. The van der Waals surface area contributed by atoms with Crippen molar-refractivity contribution in [3.8, 4) is 0 Å². The fraction of sp³-hybridized carbons (Fsp3) is 0.438. The van der Waals surface area contributed by atoms with Crippen LogP contribution in [0.1, 0.15) is 18.9 Å². The number of carbonyl (C=O) groups is 3. The van der Waals surface area contributed by atoms with Crippen LogP contribution in [0.4, 0.5) is 0 Å². The molecule has 0 heterocycles. The van der Waals surface area contributed by atoms with E-state index in [0.29, 0.717) is 12.8 Å². The van der Waals surface area contributed by atoms with Gasteiger partial charge in [-0.05, 0) is 24.0 Å². The van der Waals surface area contributed by atoms with Crippen molar-refractivity contribution in [1.29, 1.82) is 0 Å². The Morgan fingerprint density at radius 1 is 1.13 bits per heavy atom. The van der Waals surface area contributed by atoms with Gasteiger partial charge in [0.1, 0.15) is 12.1 Å². The molecule has 0 radical (unpaired) electrons. The maximum absolute atomic E-state index is 12.3. The molecule has 0 aliphatic rings. The van der Waals surface area contributed by atoms with Crippen LogP contribution in [-0.2, 0) is 20.8 Å². The average molecular weight is 337 g/mol. The SMILES string of the molecule is CSCC[C@H](NC(C)=O)C(=O)N[C@@H](Cc1ccccc1)C(N)=O. The van der Waals surface area contributed by atoms with Gasteiger partial charge in [0, 0.05) is 13.3 Å². The summed E-state index contributed by atoms with van der Waals surface area (Å²) in [7, 11) is 0. The smallest absolute Gasteiger partial charge is 0.243 e. The Morgan fingerprint density at radius 2 is 1.78 bits per heavy atom. The fourth-order valence-corrected chi connectivity index (χ4v) is 2.57. The van der Waals surface area contributed by atoms with Gasteiger partial charge in [-0.1, -0.05) is 30.3 Å². The molecule has 0 bridgehead atoms. The molecule has 1 rings (SSSR count). The second-order valence-corrected chi connectivity index (χ2v) is 6.17. The number of rotatable bonds is 9. The highest BCUT2D eigenvalue weighted by molar-refractivity contribution is 7.98. The van der Waals surface area contributed by atoms with E-state index in [-0.39, 0.29) is 5.91 Å². The van der Waals surface area contributed by atoms with Crippen molar-refractivity contribution in [2.24, 2.45) is 5.73 Å². The lowest BCUT2D eigenvalue weighted by Crippen LogP contribution is -2.53. The summed E-state index contributed by atoms with van der Waals surface area (Å²) in [4.78, 5) is 35.2. The molecule has 0 aromatic heterocycles. The molecule has 1 aromatic carbocycles. The molecule has 0 unspecified atom stereocenters. The topological polar surface area (TPSA) is 101 Å². The van der Waals surface area contributed by atoms with Crippen molar-refractivity contribution in [3.63, 3.8) is 0 Å². The summed E-state index contributed by atoms with van der Waals surface area (Å²) in [5.41, 5.74) is 6.29. The largest absolute Gasteiger partial charge is 0.368 e. The predicted molar refractivity (Wildman–Crippen MR) is 91.9 cm³/mol. The van der Waals surface area contributed by atoms with Crippen molar-refractivity contribution in [3.05, 3.63) is 35.9 Å². The molecule has 23 heavy (non-hydrogen) atoms. The maximum Gasteiger partial charge on any atom is 0.243 e. The third-order valence-electron chi connectivity index (χ3n) is 3.25. The first-order valence-electron chi connectivity index (χ1n) is 7.33. The first-order valence-corrected chi connectivity index (χ1v) is 8.73. The van der Waals surface area contributed by atoms with Gasteiger partial charge in [0.25, 0.3) is 0 Å². The molecule has 0 saturated heterocycles. The monoisotopic (exact) mass is 337 g/mol. The minimum Gasteiger partial charge on any atom is -0.368 e. The minimum atomic E-state index is -0.810. The summed E-state index contributed by atoms with van der Waals surface area (Å²) in [5, 5.41) is 5.25. The van der Waals surface area contributed by atoms with Crippen LogP contribution in [0.25, 0.3) is 0 Å². The van der Waals surface area contributed by atoms with Gasteiger partial charge in [-0.15, -0.1) is 0 Å². The van der Waals surface area contributed by atoms with Gasteiger partial charge < -0.3 is 16.4 Å². The summed E-state index contributed by atoms with van der Waals surface area (Å²) in [6, 6.07) is 7.83. The van der Waals surface area contributed by atoms with Crippen LogP contribution in [0.5, 0.6) is 0 Å². The molecule has 7 heteroatoms. The Morgan fingerprint density at radius 3 is 2.30 bits per heavy atom. The quantitative estimate of drug-likeness (QED) is 0.609. The van der Waals surface area contributed by atoms with Crippen LogP contribution in [0.15, 0.2) is 30.3 Å². The number of carbonyl (C=O) groups excluding carboxylic acids is 3. The zero-order valence-corrected chi connectivity index (χ0v) is 14.2. The molecule has 126 valence electrons. The maximum atomic E-state index is 12.3. The zero-order valence-electron chi connectivity index (χ0n) is 13.4. The summed E-state index contributed by atoms with van der Waals surface area (Å²) in [5.74, 6) is -0.564. The molecule has 0 spiro atoms. The average Bonchev–Trinajstić information content (AvgIpc) is 2.51. The van der Waals surface area contributed by atoms with Crippen molar-refractivity contribution in [1.82, 2.24) is 10.6 Å². The second-order valence-electron chi connectivity index (χ2n) is 5.19. The molecule has 0 fully saturated rings. The van der Waals surface area contributed by atoms with E-state index in [1.807, 2.05) is 36.6 Å². The minimum absolute atomic E-state index is 0.287. The normalized spacial score (nSPS) is 13.0. The van der Waals surface area contributed by atoms with Crippen LogP contribution in [-0.4, -0.2) is 41.8 Å². The number of amides is 3. The van der Waals surface area contributed by atoms with Crippen LogP contribution >= 0.6 is 11.8 Å². The highest BCUT2D eigenvalue weighted by Gasteiger charge is 2.24. The van der Waals surface area contributed by atoms with Crippen LogP contribution in [0, 0.1) is 0 Å². The first-order chi connectivity index (χ1) is 10.9. The summed E-state index contributed by atoms with van der Waals surface area (Å²) < 4.78 is 0. The Kier molecular flexibility index (Phi) is 8.18. The van der Waals surface area contributed by atoms with Gasteiger partial charge in [0.15, 0.2) is 0 Å². The highest BCUT2D eigenvalue weighted by atomic mass is 32.2. The molecular formula is C16H23N3O3S. The molecule has 4 N–H and O–H groups in total. The lowest BCUT2D eigenvalue weighted by Gasteiger charge is -2.21. The number of thioether (sulfide) groups is 1. The summed E-state index contributed by atoms with van der Waals surface area (Å²) in [6.45, 7) is 1.36. The zero-order chi connectivity index (χ0) is 17.2. The van der Waals surface area contributed by atoms with E-state index in [1.54, 1.807) is 11.8 Å². The number of hydrogen-bond acceptors (Lipinski definition) is 4. The predicted octanol–water partition coefficient (Wildman–Crippen LogP) is 0.457. The molecule has 0 saturated carbocycles. The number of nitrogens with two attached hydrogens (primary N) is 1. The molecule has 1 aromatic rings. The van der Waals surface area contributed by atoms with E-state index in [9.17, 15) is 14.4 Å². The number of benzene rings is 1. The van der Waals surface area contributed by atoms with E-state index in [0.717, 1.165) is 11.3 Å². The highest BCUT2D eigenvalue weighted by Crippen LogP contribution is 2.05. The lowest BCUT2D eigenvalue weighted by atomic mass is 10.0. The lowest BCUT2D eigenvalue weighted by molar-refractivity contribution is -0.130. The Bertz CT molecular complexity index is 537. The van der Waals surface area contributed by atoms with Crippen molar-refractivity contribution in [2.45, 2.75) is 31.8 Å². The number of primary amides is 1. The summed E-state index contributed by atoms with van der Waals surface area (Å²) in [6.07, 6.45) is 2.73. The van der Waals surface area contributed by atoms with E-state index in [2.05, 4.69) is 10.6 Å². The Hall–Kier alpha value is -2.02. The molecule has 0 aliphatic heterocycles. The molecular weight excluding hydrogens is 314 g/mol. The summed E-state index contributed by atoms with van der Waals surface area (Å²) >= 11 is 1.58. The standard InChI is InChI=1S/C16H23N3O3S/c1-11(20)18-13(8-9-23-2)16(22)19-14(15(17)21)10-12-6-4-3-5-7-12/h3-7,13-14H,8-10H2,1-2H3,(H2,17,21)(H,18,20)(H,19,22)/t13-,14-/m0/s1. The van der Waals surface area contributed by atoms with Gasteiger partial charge in [-0.2, -0.15) is 11.8 Å².